The van der Waals surface area contributed by atoms with Crippen molar-refractivity contribution in [1.29, 1.82) is 0 Å². The van der Waals surface area contributed by atoms with E-state index in [0.29, 0.717) is 5.92 Å². The van der Waals surface area contributed by atoms with E-state index in [0.717, 1.165) is 11.1 Å². The van der Waals surface area contributed by atoms with Gasteiger partial charge in [0.25, 0.3) is 0 Å². The molecule has 2 aromatic rings. The molecular weight excluding hydrogens is 288 g/mol. The lowest BCUT2D eigenvalue weighted by molar-refractivity contribution is -0.123. The normalized spacial score (nSPS) is 13.8. The molecule has 0 aliphatic heterocycles. The van der Waals surface area contributed by atoms with Crippen LogP contribution >= 0.6 is 0 Å². The maximum absolute atomic E-state index is 12.5. The molecule has 5 heteroatoms. The molecule has 2 N–H and O–H groups in total. The zero-order valence-electron chi connectivity index (χ0n) is 14.5. The number of hydrogen-bond acceptors (Lipinski definition) is 3. The molecule has 0 saturated carbocycles. The van der Waals surface area contributed by atoms with Crippen LogP contribution in [0.2, 0.25) is 0 Å². The fourth-order valence-electron chi connectivity index (χ4n) is 2.59. The number of carbonyl (C=O) groups excluding carboxylic acids is 1. The van der Waals surface area contributed by atoms with Crippen LogP contribution in [0.25, 0.3) is 0 Å². The molecule has 1 heterocycles. The minimum absolute atomic E-state index is 0.0452. The molecule has 0 fully saturated rings. The molecule has 1 amide bonds. The van der Waals surface area contributed by atoms with Crippen LogP contribution < -0.4 is 10.6 Å². The maximum Gasteiger partial charge on any atom is 0.242 e. The van der Waals surface area contributed by atoms with Gasteiger partial charge >= 0.3 is 0 Å². The van der Waals surface area contributed by atoms with Crippen molar-refractivity contribution in [2.75, 3.05) is 7.05 Å². The molecule has 2 rings (SSSR count). The molecule has 0 aliphatic rings. The molecule has 2 atom stereocenters. The van der Waals surface area contributed by atoms with Gasteiger partial charge in [-0.25, -0.2) is 0 Å². The standard InChI is InChI=1S/C18H26N4O/c1-12(2)14-6-8-15(9-7-14)13(3)21-18(23)17(19-4)16-10-20-22(5)11-16/h6-13,17,19H,1-5H3,(H,21,23). The molecule has 0 aliphatic carbocycles. The highest BCUT2D eigenvalue weighted by Gasteiger charge is 2.22. The number of aryl methyl sites for hydroxylation is 1. The Hall–Kier alpha value is -2.14. The van der Waals surface area contributed by atoms with Gasteiger partial charge in [0.15, 0.2) is 0 Å². The number of nitrogens with one attached hydrogen (secondary N) is 2. The highest BCUT2D eigenvalue weighted by molar-refractivity contribution is 5.83. The SMILES string of the molecule is CNC(C(=O)NC(C)c1ccc(C(C)C)cc1)c1cnn(C)c1. The highest BCUT2D eigenvalue weighted by atomic mass is 16.2. The Morgan fingerprint density at radius 3 is 2.17 bits per heavy atom. The van der Waals surface area contributed by atoms with Crippen molar-refractivity contribution in [3.8, 4) is 0 Å². The van der Waals surface area contributed by atoms with Gasteiger partial charge in [0, 0.05) is 18.8 Å². The first-order valence-electron chi connectivity index (χ1n) is 7.98. The molecular formula is C18H26N4O. The fourth-order valence-corrected chi connectivity index (χ4v) is 2.59. The molecule has 0 radical (unpaired) electrons. The summed E-state index contributed by atoms with van der Waals surface area (Å²) < 4.78 is 1.70. The lowest BCUT2D eigenvalue weighted by Crippen LogP contribution is -2.37. The molecule has 0 bridgehead atoms. The Bertz CT molecular complexity index is 645. The van der Waals surface area contributed by atoms with Crippen molar-refractivity contribution < 1.29 is 4.79 Å². The van der Waals surface area contributed by atoms with Crippen molar-refractivity contribution in [3.05, 3.63) is 53.3 Å². The number of rotatable bonds is 6. The molecule has 2 unspecified atom stereocenters. The average molecular weight is 314 g/mol. The van der Waals surface area contributed by atoms with E-state index >= 15 is 0 Å². The minimum Gasteiger partial charge on any atom is -0.348 e. The van der Waals surface area contributed by atoms with Gasteiger partial charge in [-0.05, 0) is 31.0 Å². The maximum atomic E-state index is 12.5. The second-order valence-corrected chi connectivity index (χ2v) is 6.22. The Labute approximate surface area is 138 Å². The zero-order valence-corrected chi connectivity index (χ0v) is 14.5. The molecule has 1 aromatic heterocycles. The van der Waals surface area contributed by atoms with Gasteiger partial charge in [0.2, 0.25) is 5.91 Å². The average Bonchev–Trinajstić information content (AvgIpc) is 2.94. The number of benzene rings is 1. The summed E-state index contributed by atoms with van der Waals surface area (Å²) in [6.45, 7) is 6.34. The Kier molecular flexibility index (Phi) is 5.55. The van der Waals surface area contributed by atoms with Crippen molar-refractivity contribution in [2.45, 2.75) is 38.8 Å². The van der Waals surface area contributed by atoms with E-state index in [4.69, 9.17) is 0 Å². The van der Waals surface area contributed by atoms with Gasteiger partial charge in [0.05, 0.1) is 12.2 Å². The van der Waals surface area contributed by atoms with Crippen molar-refractivity contribution in [1.82, 2.24) is 20.4 Å². The van der Waals surface area contributed by atoms with Gasteiger partial charge in [-0.3, -0.25) is 9.48 Å². The van der Waals surface area contributed by atoms with E-state index in [2.05, 4.69) is 53.8 Å². The predicted molar refractivity (Wildman–Crippen MR) is 92.1 cm³/mol. The fraction of sp³-hybridized carbons (Fsp3) is 0.444. The summed E-state index contributed by atoms with van der Waals surface area (Å²) in [6, 6.07) is 7.97. The summed E-state index contributed by atoms with van der Waals surface area (Å²) in [5, 5.41) is 10.2. The lowest BCUT2D eigenvalue weighted by atomic mass is 9.99. The molecule has 0 saturated heterocycles. The van der Waals surface area contributed by atoms with Gasteiger partial charge in [-0.15, -0.1) is 0 Å². The molecule has 5 nitrogen and oxygen atoms in total. The van der Waals surface area contributed by atoms with Crippen LogP contribution in [0.15, 0.2) is 36.7 Å². The number of likely N-dealkylation sites (N-methyl/N-ethyl adjacent to an activating group) is 1. The molecule has 0 spiro atoms. The second kappa shape index (κ2) is 7.42. The van der Waals surface area contributed by atoms with E-state index in [1.165, 1.54) is 5.56 Å². The Morgan fingerprint density at radius 1 is 1.09 bits per heavy atom. The Morgan fingerprint density at radius 2 is 1.70 bits per heavy atom. The molecule has 124 valence electrons. The second-order valence-electron chi connectivity index (χ2n) is 6.22. The molecule has 1 aromatic carbocycles. The topological polar surface area (TPSA) is 59.0 Å². The van der Waals surface area contributed by atoms with E-state index in [9.17, 15) is 4.79 Å². The van der Waals surface area contributed by atoms with E-state index in [1.807, 2.05) is 20.2 Å². The van der Waals surface area contributed by atoms with Gasteiger partial charge in [-0.1, -0.05) is 38.1 Å². The quantitative estimate of drug-likeness (QED) is 0.862. The largest absolute Gasteiger partial charge is 0.348 e. The monoisotopic (exact) mass is 314 g/mol. The van der Waals surface area contributed by atoms with Crippen molar-refractivity contribution in [2.24, 2.45) is 7.05 Å². The van der Waals surface area contributed by atoms with Crippen LogP contribution in [0.3, 0.4) is 0 Å². The number of hydrogen-bond donors (Lipinski definition) is 2. The number of nitrogens with zero attached hydrogens (tertiary/aromatic N) is 2. The van der Waals surface area contributed by atoms with Crippen LogP contribution in [0.1, 0.15) is 55.5 Å². The van der Waals surface area contributed by atoms with Crippen molar-refractivity contribution >= 4 is 5.91 Å². The van der Waals surface area contributed by atoms with Crippen LogP contribution in [0.4, 0.5) is 0 Å². The smallest absolute Gasteiger partial charge is 0.242 e. The number of carbonyl (C=O) groups is 1. The lowest BCUT2D eigenvalue weighted by Gasteiger charge is -2.20. The summed E-state index contributed by atoms with van der Waals surface area (Å²) in [5.41, 5.74) is 3.26. The highest BCUT2D eigenvalue weighted by Crippen LogP contribution is 2.20. The number of amides is 1. The Balaban J connectivity index is 2.05. The van der Waals surface area contributed by atoms with E-state index in [1.54, 1.807) is 17.9 Å². The van der Waals surface area contributed by atoms with Gasteiger partial charge in [0.1, 0.15) is 6.04 Å². The zero-order chi connectivity index (χ0) is 17.0. The third kappa shape index (κ3) is 4.20. The van der Waals surface area contributed by atoms with Crippen LogP contribution in [0, 0.1) is 0 Å². The summed E-state index contributed by atoms with van der Waals surface area (Å²) in [7, 11) is 3.62. The first-order valence-corrected chi connectivity index (χ1v) is 7.98. The third-order valence-electron chi connectivity index (χ3n) is 4.07. The van der Waals surface area contributed by atoms with Crippen LogP contribution in [-0.4, -0.2) is 22.7 Å². The number of aromatic nitrogens is 2. The summed E-state index contributed by atoms with van der Waals surface area (Å²) >= 11 is 0. The van der Waals surface area contributed by atoms with Crippen LogP contribution in [-0.2, 0) is 11.8 Å². The van der Waals surface area contributed by atoms with E-state index < -0.39 is 6.04 Å². The first kappa shape index (κ1) is 17.2. The van der Waals surface area contributed by atoms with E-state index in [-0.39, 0.29) is 11.9 Å². The van der Waals surface area contributed by atoms with Gasteiger partial charge in [-0.2, -0.15) is 5.10 Å². The third-order valence-corrected chi connectivity index (χ3v) is 4.07. The first-order chi connectivity index (χ1) is 10.9. The summed E-state index contributed by atoms with van der Waals surface area (Å²) in [5.74, 6) is 0.453. The van der Waals surface area contributed by atoms with Gasteiger partial charge < -0.3 is 10.6 Å². The predicted octanol–water partition coefficient (Wildman–Crippen LogP) is 2.68. The molecule has 23 heavy (non-hydrogen) atoms. The van der Waals surface area contributed by atoms with Crippen molar-refractivity contribution in [3.63, 3.8) is 0 Å². The van der Waals surface area contributed by atoms with Crippen LogP contribution in [0.5, 0.6) is 0 Å². The summed E-state index contributed by atoms with van der Waals surface area (Å²) in [6.07, 6.45) is 3.56. The minimum atomic E-state index is -0.402. The summed E-state index contributed by atoms with van der Waals surface area (Å²) in [4.78, 5) is 12.5.